The molecule has 14 heavy (non-hydrogen) atoms. The first-order valence-electron chi connectivity index (χ1n) is 4.89. The van der Waals surface area contributed by atoms with Crippen LogP contribution < -0.4 is 5.73 Å². The van der Waals surface area contributed by atoms with Crippen LogP contribution in [0, 0.1) is 0 Å². The van der Waals surface area contributed by atoms with E-state index in [9.17, 15) is 0 Å². The number of hydrogen-bond donors (Lipinski definition) is 1. The predicted molar refractivity (Wildman–Crippen MR) is 53.0 cm³/mol. The maximum atomic E-state index is 5.55. The predicted octanol–water partition coefficient (Wildman–Crippen LogP) is -0.735. The van der Waals surface area contributed by atoms with Gasteiger partial charge in [0.1, 0.15) is 0 Å². The van der Waals surface area contributed by atoms with Crippen molar-refractivity contribution in [1.82, 2.24) is 4.90 Å². The molecule has 1 aliphatic heterocycles. The molecule has 5 nitrogen and oxygen atoms in total. The molecule has 0 radical (unpaired) electrons. The topological polar surface area (TPSA) is 57.0 Å². The normalized spacial score (nSPS) is 24.4. The smallest absolute Gasteiger partial charge is 0.169 e. The molecule has 0 aromatic heterocycles. The number of ether oxygens (including phenoxy) is 3. The van der Waals surface area contributed by atoms with Crippen LogP contribution in [0.1, 0.15) is 0 Å². The average molecular weight is 204 g/mol. The van der Waals surface area contributed by atoms with Crippen LogP contribution in [0.25, 0.3) is 0 Å². The van der Waals surface area contributed by atoms with E-state index in [1.54, 1.807) is 14.2 Å². The quantitative estimate of drug-likeness (QED) is 0.598. The van der Waals surface area contributed by atoms with E-state index in [4.69, 9.17) is 19.9 Å². The zero-order valence-corrected chi connectivity index (χ0v) is 8.94. The molecule has 1 heterocycles. The van der Waals surface area contributed by atoms with Gasteiger partial charge in [0.15, 0.2) is 6.29 Å². The van der Waals surface area contributed by atoms with Crippen LogP contribution in [0.15, 0.2) is 0 Å². The lowest BCUT2D eigenvalue weighted by Gasteiger charge is -2.33. The first kappa shape index (κ1) is 11.9. The molecule has 0 aliphatic carbocycles. The van der Waals surface area contributed by atoms with Crippen molar-refractivity contribution in [2.75, 3.05) is 47.0 Å². The summed E-state index contributed by atoms with van der Waals surface area (Å²) < 4.78 is 15.7. The van der Waals surface area contributed by atoms with E-state index in [1.165, 1.54) is 0 Å². The van der Waals surface area contributed by atoms with Crippen molar-refractivity contribution in [2.45, 2.75) is 12.4 Å². The van der Waals surface area contributed by atoms with Crippen LogP contribution >= 0.6 is 0 Å². The molecule has 0 amide bonds. The fraction of sp³-hybridized carbons (Fsp3) is 1.00. The van der Waals surface area contributed by atoms with Gasteiger partial charge in [0.2, 0.25) is 0 Å². The number of nitrogens with two attached hydrogens (primary N) is 1. The van der Waals surface area contributed by atoms with Gasteiger partial charge in [0.05, 0.1) is 12.7 Å². The van der Waals surface area contributed by atoms with Gasteiger partial charge in [-0.1, -0.05) is 0 Å². The highest BCUT2D eigenvalue weighted by Gasteiger charge is 2.21. The zero-order chi connectivity index (χ0) is 10.4. The van der Waals surface area contributed by atoms with Crippen molar-refractivity contribution < 1.29 is 14.2 Å². The van der Waals surface area contributed by atoms with Gasteiger partial charge < -0.3 is 19.9 Å². The van der Waals surface area contributed by atoms with E-state index in [2.05, 4.69) is 4.90 Å². The van der Waals surface area contributed by atoms with Gasteiger partial charge >= 0.3 is 0 Å². The van der Waals surface area contributed by atoms with Crippen molar-refractivity contribution >= 4 is 0 Å². The van der Waals surface area contributed by atoms with E-state index < -0.39 is 0 Å². The van der Waals surface area contributed by atoms with Crippen molar-refractivity contribution in [3.05, 3.63) is 0 Å². The van der Waals surface area contributed by atoms with Crippen LogP contribution in [0.5, 0.6) is 0 Å². The standard InChI is InChI=1S/C9H20N2O3/c1-12-9(13-2)7-11-3-4-14-8(5-10)6-11/h8-9H,3-7,10H2,1-2H3. The lowest BCUT2D eigenvalue weighted by atomic mass is 10.2. The number of rotatable bonds is 5. The summed E-state index contributed by atoms with van der Waals surface area (Å²) in [5, 5.41) is 0. The van der Waals surface area contributed by atoms with Crippen molar-refractivity contribution in [3.63, 3.8) is 0 Å². The SMILES string of the molecule is COC(CN1CCOC(CN)C1)OC. The van der Waals surface area contributed by atoms with Gasteiger partial charge in [-0.25, -0.2) is 0 Å². The molecule has 1 aliphatic rings. The first-order valence-corrected chi connectivity index (χ1v) is 4.89. The van der Waals surface area contributed by atoms with E-state index in [0.29, 0.717) is 6.54 Å². The summed E-state index contributed by atoms with van der Waals surface area (Å²) in [6, 6.07) is 0. The number of nitrogens with zero attached hydrogens (tertiary/aromatic N) is 1. The Hall–Kier alpha value is -0.200. The van der Waals surface area contributed by atoms with Crippen molar-refractivity contribution in [1.29, 1.82) is 0 Å². The van der Waals surface area contributed by atoms with Crippen LogP contribution in [0.2, 0.25) is 0 Å². The third-order valence-corrected chi connectivity index (χ3v) is 2.42. The number of hydrogen-bond acceptors (Lipinski definition) is 5. The molecule has 1 unspecified atom stereocenters. The molecule has 1 atom stereocenters. The summed E-state index contributed by atoms with van der Waals surface area (Å²) in [6.45, 7) is 3.86. The first-order chi connectivity index (χ1) is 6.80. The van der Waals surface area contributed by atoms with E-state index in [0.717, 1.165) is 26.2 Å². The monoisotopic (exact) mass is 204 g/mol. The van der Waals surface area contributed by atoms with Gasteiger partial charge in [-0.2, -0.15) is 0 Å². The maximum absolute atomic E-state index is 5.55. The van der Waals surface area contributed by atoms with Crippen LogP contribution in [-0.2, 0) is 14.2 Å². The van der Waals surface area contributed by atoms with Gasteiger partial charge in [-0.3, -0.25) is 4.90 Å². The summed E-state index contributed by atoms with van der Waals surface area (Å²) in [5.41, 5.74) is 5.55. The molecule has 0 saturated carbocycles. The van der Waals surface area contributed by atoms with Gasteiger partial charge in [-0.05, 0) is 0 Å². The fourth-order valence-corrected chi connectivity index (χ4v) is 1.54. The summed E-state index contributed by atoms with van der Waals surface area (Å²) >= 11 is 0. The van der Waals surface area contributed by atoms with E-state index in [-0.39, 0.29) is 12.4 Å². The van der Waals surface area contributed by atoms with E-state index >= 15 is 0 Å². The molecule has 5 heteroatoms. The molecule has 1 fully saturated rings. The number of methoxy groups -OCH3 is 2. The van der Waals surface area contributed by atoms with Gasteiger partial charge in [0, 0.05) is 40.4 Å². The third-order valence-electron chi connectivity index (χ3n) is 2.42. The minimum atomic E-state index is -0.161. The molecular weight excluding hydrogens is 184 g/mol. The van der Waals surface area contributed by atoms with Crippen molar-refractivity contribution in [2.24, 2.45) is 5.73 Å². The molecule has 0 spiro atoms. The maximum Gasteiger partial charge on any atom is 0.169 e. The highest BCUT2D eigenvalue weighted by Crippen LogP contribution is 2.06. The Morgan fingerprint density at radius 1 is 1.50 bits per heavy atom. The Bertz CT molecular complexity index is 153. The zero-order valence-electron chi connectivity index (χ0n) is 8.94. The Labute approximate surface area is 85.1 Å². The summed E-state index contributed by atoms with van der Waals surface area (Å²) in [4.78, 5) is 2.25. The summed E-state index contributed by atoms with van der Waals surface area (Å²) in [5.74, 6) is 0. The minimum Gasteiger partial charge on any atom is -0.374 e. The molecule has 0 bridgehead atoms. The molecule has 84 valence electrons. The highest BCUT2D eigenvalue weighted by molar-refractivity contribution is 4.72. The Balaban J connectivity index is 2.29. The Morgan fingerprint density at radius 3 is 2.79 bits per heavy atom. The molecule has 0 aromatic rings. The summed E-state index contributed by atoms with van der Waals surface area (Å²) in [6.07, 6.45) is -0.00960. The number of morpholine rings is 1. The second-order valence-electron chi connectivity index (χ2n) is 3.39. The second kappa shape index (κ2) is 6.31. The lowest BCUT2D eigenvalue weighted by Crippen LogP contribution is -2.48. The second-order valence-corrected chi connectivity index (χ2v) is 3.39. The third kappa shape index (κ3) is 3.51. The highest BCUT2D eigenvalue weighted by atomic mass is 16.7. The largest absolute Gasteiger partial charge is 0.374 e. The lowest BCUT2D eigenvalue weighted by molar-refractivity contribution is -0.130. The van der Waals surface area contributed by atoms with Gasteiger partial charge in [0.25, 0.3) is 0 Å². The van der Waals surface area contributed by atoms with Crippen molar-refractivity contribution in [3.8, 4) is 0 Å². The molecule has 0 aromatic carbocycles. The summed E-state index contributed by atoms with van der Waals surface area (Å²) in [7, 11) is 3.30. The van der Waals surface area contributed by atoms with E-state index in [1.807, 2.05) is 0 Å². The Kier molecular flexibility index (Phi) is 5.36. The van der Waals surface area contributed by atoms with Crippen LogP contribution in [0.3, 0.4) is 0 Å². The molecule has 2 N–H and O–H groups in total. The molecule has 1 rings (SSSR count). The van der Waals surface area contributed by atoms with Gasteiger partial charge in [-0.15, -0.1) is 0 Å². The Morgan fingerprint density at radius 2 is 2.21 bits per heavy atom. The van der Waals surface area contributed by atoms with Crippen LogP contribution in [-0.4, -0.2) is 64.3 Å². The van der Waals surface area contributed by atoms with Crippen LogP contribution in [0.4, 0.5) is 0 Å². The minimum absolute atomic E-state index is 0.151. The fourth-order valence-electron chi connectivity index (χ4n) is 1.54. The molecular formula is C9H20N2O3. The average Bonchev–Trinajstić information content (AvgIpc) is 2.26. The molecule has 1 saturated heterocycles.